The standard InChI is InChI=1S/C14H13Br2N3O3S/c1-19(2)23(21,22)12-7-9(3-5-11(12)16)14(20)18-13-6-4-10(15)8-17-13/h3-8H,1-2H3,(H,17,18,20). The van der Waals surface area contributed by atoms with Crippen LogP contribution >= 0.6 is 31.9 Å². The Hall–Kier alpha value is -1.29. The molecule has 0 fully saturated rings. The molecular weight excluding hydrogens is 450 g/mol. The summed E-state index contributed by atoms with van der Waals surface area (Å²) in [4.78, 5) is 16.3. The Morgan fingerprint density at radius 2 is 1.87 bits per heavy atom. The highest BCUT2D eigenvalue weighted by atomic mass is 79.9. The molecule has 1 amide bonds. The summed E-state index contributed by atoms with van der Waals surface area (Å²) in [6.07, 6.45) is 1.55. The number of benzene rings is 1. The summed E-state index contributed by atoms with van der Waals surface area (Å²) in [6, 6.07) is 7.77. The van der Waals surface area contributed by atoms with Gasteiger partial charge in [0.05, 0.1) is 4.90 Å². The van der Waals surface area contributed by atoms with Crippen molar-refractivity contribution in [1.29, 1.82) is 0 Å². The lowest BCUT2D eigenvalue weighted by atomic mass is 10.2. The fourth-order valence-electron chi connectivity index (χ4n) is 1.68. The van der Waals surface area contributed by atoms with Crippen LogP contribution in [0.3, 0.4) is 0 Å². The first-order valence-corrected chi connectivity index (χ1v) is 9.39. The van der Waals surface area contributed by atoms with Crippen LogP contribution in [0, 0.1) is 0 Å². The number of amides is 1. The van der Waals surface area contributed by atoms with E-state index in [9.17, 15) is 13.2 Å². The van der Waals surface area contributed by atoms with E-state index in [2.05, 4.69) is 42.2 Å². The van der Waals surface area contributed by atoms with Crippen molar-refractivity contribution in [3.63, 3.8) is 0 Å². The molecule has 122 valence electrons. The molecular formula is C14H13Br2N3O3S. The quantitative estimate of drug-likeness (QED) is 0.756. The van der Waals surface area contributed by atoms with Gasteiger partial charge < -0.3 is 5.32 Å². The van der Waals surface area contributed by atoms with Crippen LogP contribution in [-0.4, -0.2) is 37.7 Å². The number of carbonyl (C=O) groups is 1. The molecule has 1 aromatic heterocycles. The minimum absolute atomic E-state index is 0.0268. The molecule has 1 N–H and O–H groups in total. The highest BCUT2D eigenvalue weighted by molar-refractivity contribution is 9.10. The Balaban J connectivity index is 2.33. The number of nitrogens with zero attached hydrogens (tertiary/aromatic N) is 2. The number of rotatable bonds is 4. The second-order valence-electron chi connectivity index (χ2n) is 4.75. The molecule has 0 atom stereocenters. The zero-order valence-corrected chi connectivity index (χ0v) is 16.2. The first-order valence-electron chi connectivity index (χ1n) is 6.37. The SMILES string of the molecule is CN(C)S(=O)(=O)c1cc(C(=O)Nc2ccc(Br)cn2)ccc1Br. The molecule has 1 aromatic carbocycles. The fourth-order valence-corrected chi connectivity index (χ4v) is 3.76. The largest absolute Gasteiger partial charge is 0.307 e. The Kier molecular flexibility index (Phi) is 5.56. The van der Waals surface area contributed by atoms with Gasteiger partial charge in [0.1, 0.15) is 5.82 Å². The van der Waals surface area contributed by atoms with E-state index in [4.69, 9.17) is 0 Å². The van der Waals surface area contributed by atoms with E-state index >= 15 is 0 Å². The van der Waals surface area contributed by atoms with Crippen LogP contribution in [0.25, 0.3) is 0 Å². The third-order valence-corrected chi connectivity index (χ3v) is 6.20. The molecule has 0 saturated heterocycles. The highest BCUT2D eigenvalue weighted by Crippen LogP contribution is 2.25. The van der Waals surface area contributed by atoms with Crippen LogP contribution in [0.4, 0.5) is 5.82 Å². The maximum absolute atomic E-state index is 12.3. The predicted octanol–water partition coefficient (Wildman–Crippen LogP) is 3.11. The van der Waals surface area contributed by atoms with Crippen LogP contribution in [0.15, 0.2) is 50.4 Å². The van der Waals surface area contributed by atoms with E-state index in [1.807, 2.05) is 0 Å². The molecule has 6 nitrogen and oxygen atoms in total. The number of halogens is 2. The van der Waals surface area contributed by atoms with Crippen LogP contribution in [0.1, 0.15) is 10.4 Å². The average Bonchev–Trinajstić information content (AvgIpc) is 2.49. The van der Waals surface area contributed by atoms with E-state index in [0.717, 1.165) is 8.78 Å². The van der Waals surface area contributed by atoms with Crippen molar-refractivity contribution in [2.45, 2.75) is 4.90 Å². The minimum atomic E-state index is -3.66. The predicted molar refractivity (Wildman–Crippen MR) is 94.9 cm³/mol. The first-order chi connectivity index (χ1) is 10.7. The summed E-state index contributed by atoms with van der Waals surface area (Å²) in [5.41, 5.74) is 0.221. The molecule has 0 radical (unpaired) electrons. The average molecular weight is 463 g/mol. The van der Waals surface area contributed by atoms with E-state index in [1.54, 1.807) is 18.3 Å². The number of aromatic nitrogens is 1. The molecule has 0 aliphatic heterocycles. The lowest BCUT2D eigenvalue weighted by Crippen LogP contribution is -2.23. The molecule has 9 heteroatoms. The van der Waals surface area contributed by atoms with Gasteiger partial charge in [-0.2, -0.15) is 0 Å². The fraction of sp³-hybridized carbons (Fsp3) is 0.143. The van der Waals surface area contributed by atoms with Crippen LogP contribution < -0.4 is 5.32 Å². The van der Waals surface area contributed by atoms with Gasteiger partial charge in [0.2, 0.25) is 10.0 Å². The summed E-state index contributed by atoms with van der Waals surface area (Å²) in [6.45, 7) is 0. The van der Waals surface area contributed by atoms with E-state index < -0.39 is 15.9 Å². The van der Waals surface area contributed by atoms with Crippen molar-refractivity contribution in [1.82, 2.24) is 9.29 Å². The first kappa shape index (κ1) is 18.1. The van der Waals surface area contributed by atoms with E-state index in [-0.39, 0.29) is 10.5 Å². The van der Waals surface area contributed by atoms with Gasteiger partial charge in [-0.1, -0.05) is 0 Å². The van der Waals surface area contributed by atoms with Crippen LogP contribution in [0.5, 0.6) is 0 Å². The number of hydrogen-bond acceptors (Lipinski definition) is 4. The van der Waals surface area contributed by atoms with Crippen molar-refractivity contribution in [3.05, 3.63) is 51.0 Å². The van der Waals surface area contributed by atoms with Gasteiger partial charge in [-0.25, -0.2) is 17.7 Å². The van der Waals surface area contributed by atoms with Crippen LogP contribution in [-0.2, 0) is 10.0 Å². The minimum Gasteiger partial charge on any atom is -0.307 e. The van der Waals surface area contributed by atoms with Gasteiger partial charge >= 0.3 is 0 Å². The molecule has 0 aliphatic carbocycles. The lowest BCUT2D eigenvalue weighted by molar-refractivity contribution is 0.102. The van der Waals surface area contributed by atoms with Crippen LogP contribution in [0.2, 0.25) is 0 Å². The van der Waals surface area contributed by atoms with Crippen molar-refractivity contribution in [2.75, 3.05) is 19.4 Å². The van der Waals surface area contributed by atoms with Gasteiger partial charge in [-0.05, 0) is 62.2 Å². The number of anilines is 1. The lowest BCUT2D eigenvalue weighted by Gasteiger charge is -2.14. The Bertz CT molecular complexity index is 837. The third kappa shape index (κ3) is 4.17. The monoisotopic (exact) mass is 461 g/mol. The summed E-state index contributed by atoms with van der Waals surface area (Å²) >= 11 is 6.46. The zero-order chi connectivity index (χ0) is 17.2. The number of sulfonamides is 1. The number of hydrogen-bond donors (Lipinski definition) is 1. The molecule has 0 spiro atoms. The molecule has 0 bridgehead atoms. The maximum atomic E-state index is 12.3. The number of nitrogens with one attached hydrogen (secondary N) is 1. The molecule has 1 heterocycles. The van der Waals surface area contributed by atoms with E-state index in [0.29, 0.717) is 10.3 Å². The van der Waals surface area contributed by atoms with Crippen molar-refractivity contribution in [3.8, 4) is 0 Å². The third-order valence-electron chi connectivity index (χ3n) is 2.92. The topological polar surface area (TPSA) is 79.4 Å². The van der Waals surface area contributed by atoms with Gasteiger partial charge in [0, 0.05) is 34.8 Å². The molecule has 23 heavy (non-hydrogen) atoms. The van der Waals surface area contributed by atoms with Gasteiger partial charge in [-0.15, -0.1) is 0 Å². The number of pyridine rings is 1. The van der Waals surface area contributed by atoms with Gasteiger partial charge in [0.25, 0.3) is 5.91 Å². The second-order valence-corrected chi connectivity index (χ2v) is 8.64. The molecule has 0 unspecified atom stereocenters. The maximum Gasteiger partial charge on any atom is 0.256 e. The normalized spacial score (nSPS) is 11.5. The van der Waals surface area contributed by atoms with E-state index in [1.165, 1.54) is 32.3 Å². The summed E-state index contributed by atoms with van der Waals surface area (Å²) < 4.78 is 26.8. The number of carbonyl (C=O) groups excluding carboxylic acids is 1. The smallest absolute Gasteiger partial charge is 0.256 e. The molecule has 2 aromatic rings. The van der Waals surface area contributed by atoms with Crippen molar-refractivity contribution in [2.24, 2.45) is 0 Å². The summed E-state index contributed by atoms with van der Waals surface area (Å²) in [5.74, 6) is -0.0688. The Labute approximate surface area is 151 Å². The summed E-state index contributed by atoms with van der Waals surface area (Å²) in [5, 5.41) is 2.62. The Morgan fingerprint density at radius 1 is 1.17 bits per heavy atom. The van der Waals surface area contributed by atoms with Crippen molar-refractivity contribution < 1.29 is 13.2 Å². The Morgan fingerprint density at radius 3 is 2.43 bits per heavy atom. The molecule has 0 saturated carbocycles. The zero-order valence-electron chi connectivity index (χ0n) is 12.2. The highest BCUT2D eigenvalue weighted by Gasteiger charge is 2.22. The van der Waals surface area contributed by atoms with Crippen molar-refractivity contribution >= 4 is 53.6 Å². The van der Waals surface area contributed by atoms with Gasteiger partial charge in [-0.3, -0.25) is 4.79 Å². The summed E-state index contributed by atoms with van der Waals surface area (Å²) in [7, 11) is -0.796. The van der Waals surface area contributed by atoms with Gasteiger partial charge in [0.15, 0.2) is 0 Å². The second kappa shape index (κ2) is 7.08. The molecule has 0 aliphatic rings. The molecule has 2 rings (SSSR count).